The van der Waals surface area contributed by atoms with Gasteiger partial charge in [-0.05, 0) is 43.0 Å². The highest BCUT2D eigenvalue weighted by Gasteiger charge is 2.19. The van der Waals surface area contributed by atoms with E-state index in [1.54, 1.807) is 0 Å². The predicted octanol–water partition coefficient (Wildman–Crippen LogP) is 3.70. The molecule has 1 N–H and O–H groups in total. The Bertz CT molecular complexity index is 971. The highest BCUT2D eigenvalue weighted by atomic mass is 16.1. The Kier molecular flexibility index (Phi) is 3.73. The summed E-state index contributed by atoms with van der Waals surface area (Å²) in [7, 11) is 0. The van der Waals surface area contributed by atoms with Crippen LogP contribution in [0.3, 0.4) is 0 Å². The summed E-state index contributed by atoms with van der Waals surface area (Å²) in [5.74, 6) is 0. The molecule has 3 heteroatoms. The summed E-state index contributed by atoms with van der Waals surface area (Å²) >= 11 is 0. The molecule has 0 unspecified atom stereocenters. The van der Waals surface area contributed by atoms with Gasteiger partial charge in [0.05, 0.1) is 5.52 Å². The second kappa shape index (κ2) is 5.91. The molecule has 0 atom stereocenters. The quantitative estimate of drug-likeness (QED) is 0.782. The average Bonchev–Trinajstić information content (AvgIpc) is 2.59. The monoisotopic (exact) mass is 318 g/mol. The first-order chi connectivity index (χ1) is 11.6. The molecule has 0 spiro atoms. The topological polar surface area (TPSA) is 36.1 Å². The van der Waals surface area contributed by atoms with Crippen molar-refractivity contribution in [3.63, 3.8) is 0 Å². The van der Waals surface area contributed by atoms with E-state index in [-0.39, 0.29) is 5.43 Å². The van der Waals surface area contributed by atoms with E-state index >= 15 is 0 Å². The molecule has 0 aliphatic carbocycles. The Morgan fingerprint density at radius 2 is 1.83 bits per heavy atom. The highest BCUT2D eigenvalue weighted by molar-refractivity contribution is 5.82. The van der Waals surface area contributed by atoms with Crippen LogP contribution in [0.15, 0.2) is 47.3 Å². The molecule has 3 nitrogen and oxygen atoms in total. The molecule has 2 heterocycles. The van der Waals surface area contributed by atoms with E-state index in [4.69, 9.17) is 0 Å². The first kappa shape index (κ1) is 15.2. The maximum atomic E-state index is 13.0. The number of aromatic amines is 1. The zero-order valence-electron chi connectivity index (χ0n) is 14.2. The molecule has 2 aromatic carbocycles. The maximum Gasteiger partial charge on any atom is 0.194 e. The van der Waals surface area contributed by atoms with Crippen LogP contribution in [0.4, 0.5) is 0 Å². The van der Waals surface area contributed by atoms with Crippen molar-refractivity contribution >= 4 is 10.9 Å². The molecule has 1 aliphatic heterocycles. The van der Waals surface area contributed by atoms with Crippen molar-refractivity contribution in [3.05, 3.63) is 80.6 Å². The van der Waals surface area contributed by atoms with Crippen LogP contribution >= 0.6 is 0 Å². The van der Waals surface area contributed by atoms with Crippen LogP contribution in [0.1, 0.15) is 27.9 Å². The van der Waals surface area contributed by atoms with Gasteiger partial charge in [0.2, 0.25) is 0 Å². The zero-order valence-corrected chi connectivity index (χ0v) is 14.2. The second-order valence-electron chi connectivity index (χ2n) is 6.78. The molecule has 0 fully saturated rings. The van der Waals surface area contributed by atoms with Gasteiger partial charge in [-0.3, -0.25) is 9.69 Å². The van der Waals surface area contributed by atoms with Crippen molar-refractivity contribution in [1.29, 1.82) is 0 Å². The van der Waals surface area contributed by atoms with Crippen LogP contribution < -0.4 is 5.43 Å². The van der Waals surface area contributed by atoms with Gasteiger partial charge in [0.1, 0.15) is 0 Å². The first-order valence-electron chi connectivity index (χ1n) is 8.53. The van der Waals surface area contributed by atoms with Gasteiger partial charge >= 0.3 is 0 Å². The lowest BCUT2D eigenvalue weighted by Gasteiger charge is -2.29. The van der Waals surface area contributed by atoms with Gasteiger partial charge in [-0.2, -0.15) is 0 Å². The van der Waals surface area contributed by atoms with Gasteiger partial charge in [0, 0.05) is 36.3 Å². The molecular weight excluding hydrogens is 296 g/mol. The van der Waals surface area contributed by atoms with Crippen molar-refractivity contribution < 1.29 is 0 Å². The van der Waals surface area contributed by atoms with E-state index in [9.17, 15) is 4.79 Å². The molecule has 24 heavy (non-hydrogen) atoms. The summed E-state index contributed by atoms with van der Waals surface area (Å²) in [6, 6.07) is 14.5. The normalized spacial score (nSPS) is 14.8. The fourth-order valence-corrected chi connectivity index (χ4v) is 3.72. The van der Waals surface area contributed by atoms with E-state index in [0.29, 0.717) is 6.54 Å². The van der Waals surface area contributed by atoms with Crippen molar-refractivity contribution in [2.75, 3.05) is 6.54 Å². The molecule has 0 saturated carbocycles. The number of rotatable bonds is 2. The molecule has 4 rings (SSSR count). The Balaban J connectivity index is 1.70. The number of nitrogens with one attached hydrogen (secondary N) is 1. The van der Waals surface area contributed by atoms with Crippen molar-refractivity contribution in [2.24, 2.45) is 0 Å². The number of benzene rings is 2. The van der Waals surface area contributed by atoms with Crippen LogP contribution in [0.25, 0.3) is 10.9 Å². The number of aromatic nitrogens is 1. The summed E-state index contributed by atoms with van der Waals surface area (Å²) in [6.45, 7) is 6.68. The summed E-state index contributed by atoms with van der Waals surface area (Å²) < 4.78 is 0. The largest absolute Gasteiger partial charge is 0.358 e. The number of hydrogen-bond acceptors (Lipinski definition) is 2. The van der Waals surface area contributed by atoms with Crippen LogP contribution in [0.5, 0.6) is 0 Å². The zero-order chi connectivity index (χ0) is 16.7. The average molecular weight is 318 g/mol. The first-order valence-corrected chi connectivity index (χ1v) is 8.53. The van der Waals surface area contributed by atoms with Crippen LogP contribution in [0.2, 0.25) is 0 Å². The molecule has 1 aromatic heterocycles. The number of H-pyrrole nitrogens is 1. The van der Waals surface area contributed by atoms with Crippen LogP contribution in [-0.2, 0) is 19.5 Å². The fourth-order valence-electron chi connectivity index (χ4n) is 3.72. The van der Waals surface area contributed by atoms with Crippen LogP contribution in [0, 0.1) is 13.8 Å². The van der Waals surface area contributed by atoms with E-state index in [1.165, 1.54) is 11.1 Å². The standard InChI is InChI=1S/C21H22N2O/c1-14-6-5-9-18-20(14)22-15(2)19(21(18)24)13-23-11-10-16-7-3-4-8-17(16)12-23/h3-9H,10-13H2,1-2H3,(H,22,24). The van der Waals surface area contributed by atoms with Crippen molar-refractivity contribution in [2.45, 2.75) is 33.4 Å². The molecule has 0 radical (unpaired) electrons. The van der Waals surface area contributed by atoms with E-state index in [1.807, 2.05) is 32.0 Å². The predicted molar refractivity (Wildman–Crippen MR) is 98.3 cm³/mol. The number of hydrogen-bond donors (Lipinski definition) is 1. The lowest BCUT2D eigenvalue weighted by Crippen LogP contribution is -2.32. The third-order valence-corrected chi connectivity index (χ3v) is 5.15. The minimum Gasteiger partial charge on any atom is -0.358 e. The van der Waals surface area contributed by atoms with Gasteiger partial charge in [0.15, 0.2) is 5.43 Å². The third-order valence-electron chi connectivity index (χ3n) is 5.15. The van der Waals surface area contributed by atoms with Crippen LogP contribution in [-0.4, -0.2) is 16.4 Å². The summed E-state index contributed by atoms with van der Waals surface area (Å²) in [5.41, 5.74) is 6.96. The molecule has 1 aliphatic rings. The third kappa shape index (κ3) is 2.55. The molecule has 0 amide bonds. The number of pyridine rings is 1. The molecule has 0 saturated heterocycles. The minimum absolute atomic E-state index is 0.170. The van der Waals surface area contributed by atoms with Crippen molar-refractivity contribution in [3.8, 4) is 0 Å². The van der Waals surface area contributed by atoms with E-state index < -0.39 is 0 Å². The Labute approximate surface area is 141 Å². The molecular formula is C21H22N2O. The second-order valence-corrected chi connectivity index (χ2v) is 6.78. The van der Waals surface area contributed by atoms with Gasteiger partial charge < -0.3 is 4.98 Å². The molecule has 122 valence electrons. The lowest BCUT2D eigenvalue weighted by molar-refractivity contribution is 0.244. The van der Waals surface area contributed by atoms with Gasteiger partial charge in [-0.15, -0.1) is 0 Å². The van der Waals surface area contributed by atoms with Crippen molar-refractivity contribution in [1.82, 2.24) is 9.88 Å². The lowest BCUT2D eigenvalue weighted by atomic mass is 9.99. The smallest absolute Gasteiger partial charge is 0.194 e. The Morgan fingerprint density at radius 3 is 2.67 bits per heavy atom. The summed E-state index contributed by atoms with van der Waals surface area (Å²) in [4.78, 5) is 18.8. The van der Waals surface area contributed by atoms with Gasteiger partial charge in [-0.1, -0.05) is 36.4 Å². The number of aryl methyl sites for hydroxylation is 2. The number of fused-ring (bicyclic) bond motifs is 2. The van der Waals surface area contributed by atoms with Gasteiger partial charge in [0.25, 0.3) is 0 Å². The summed E-state index contributed by atoms with van der Waals surface area (Å²) in [5, 5.41) is 0.799. The maximum absolute atomic E-state index is 13.0. The fraction of sp³-hybridized carbons (Fsp3) is 0.286. The molecule has 3 aromatic rings. The number of para-hydroxylation sites is 1. The minimum atomic E-state index is 0.170. The van der Waals surface area contributed by atoms with Gasteiger partial charge in [-0.25, -0.2) is 0 Å². The number of nitrogens with zero attached hydrogens (tertiary/aromatic N) is 1. The highest BCUT2D eigenvalue weighted by Crippen LogP contribution is 2.21. The van der Waals surface area contributed by atoms with E-state index in [2.05, 4.69) is 34.1 Å². The Morgan fingerprint density at radius 1 is 1.04 bits per heavy atom. The SMILES string of the molecule is Cc1[nH]c2c(C)cccc2c(=O)c1CN1CCc2ccccc2C1. The summed E-state index contributed by atoms with van der Waals surface area (Å²) in [6.07, 6.45) is 1.06. The van der Waals surface area contributed by atoms with E-state index in [0.717, 1.165) is 47.2 Å². The Hall–Kier alpha value is -2.39. The molecule has 0 bridgehead atoms.